The molecule has 0 spiro atoms. The average molecular weight is 521 g/mol. The summed E-state index contributed by atoms with van der Waals surface area (Å²) >= 11 is 1.22. The molecule has 1 aliphatic heterocycles. The Balaban J connectivity index is 1.94. The van der Waals surface area contributed by atoms with Gasteiger partial charge in [0, 0.05) is 5.56 Å². The van der Waals surface area contributed by atoms with E-state index in [1.165, 1.54) is 23.0 Å². The van der Waals surface area contributed by atoms with E-state index >= 15 is 0 Å². The first-order valence-electron chi connectivity index (χ1n) is 11.7. The van der Waals surface area contributed by atoms with Gasteiger partial charge in [-0.05, 0) is 61.7 Å². The van der Waals surface area contributed by atoms with Crippen LogP contribution in [0.3, 0.4) is 0 Å². The highest BCUT2D eigenvalue weighted by atomic mass is 32.1. The number of nitrogens with zero attached hydrogens (tertiary/aromatic N) is 2. The van der Waals surface area contributed by atoms with Gasteiger partial charge in [-0.25, -0.2) is 9.79 Å². The number of aromatic nitrogens is 1. The molecule has 37 heavy (non-hydrogen) atoms. The van der Waals surface area contributed by atoms with Gasteiger partial charge in [-0.15, -0.1) is 6.58 Å². The van der Waals surface area contributed by atoms with Crippen LogP contribution in [0.4, 0.5) is 0 Å². The highest BCUT2D eigenvalue weighted by molar-refractivity contribution is 7.07. The maximum atomic E-state index is 13.8. The van der Waals surface area contributed by atoms with Gasteiger partial charge in [0.15, 0.2) is 16.3 Å². The zero-order chi connectivity index (χ0) is 26.7. The molecule has 1 N–H and O–H groups in total. The number of hydrogen-bond donors (Lipinski definition) is 1. The van der Waals surface area contributed by atoms with E-state index in [4.69, 9.17) is 14.2 Å². The van der Waals surface area contributed by atoms with E-state index in [1.54, 1.807) is 57.4 Å². The first kappa shape index (κ1) is 26.0. The molecule has 0 radical (unpaired) electrons. The van der Waals surface area contributed by atoms with Gasteiger partial charge >= 0.3 is 5.97 Å². The van der Waals surface area contributed by atoms with Gasteiger partial charge in [-0.1, -0.05) is 29.5 Å². The fourth-order valence-corrected chi connectivity index (χ4v) is 5.33. The molecular weight excluding hydrogens is 492 g/mol. The lowest BCUT2D eigenvalue weighted by Crippen LogP contribution is -2.39. The Hall–Kier alpha value is -4.11. The summed E-state index contributed by atoms with van der Waals surface area (Å²) in [5.41, 5.74) is 2.54. The largest absolute Gasteiger partial charge is 0.504 e. The van der Waals surface area contributed by atoms with Gasteiger partial charge < -0.3 is 19.3 Å². The highest BCUT2D eigenvalue weighted by Crippen LogP contribution is 2.33. The quantitative estimate of drug-likeness (QED) is 0.362. The Morgan fingerprint density at radius 2 is 1.95 bits per heavy atom. The van der Waals surface area contributed by atoms with Crippen LogP contribution < -0.4 is 24.4 Å². The van der Waals surface area contributed by atoms with E-state index in [1.807, 2.05) is 12.1 Å². The van der Waals surface area contributed by atoms with Gasteiger partial charge in [0.25, 0.3) is 5.56 Å². The Bertz CT molecular complexity index is 1560. The molecule has 0 aliphatic carbocycles. The Morgan fingerprint density at radius 3 is 2.57 bits per heavy atom. The van der Waals surface area contributed by atoms with Crippen LogP contribution in [-0.4, -0.2) is 36.5 Å². The molecule has 192 valence electrons. The molecule has 3 aromatic rings. The number of phenolic OH excluding ortho intramolecular Hbond substituents is 1. The van der Waals surface area contributed by atoms with Crippen molar-refractivity contribution in [2.75, 3.05) is 20.8 Å². The van der Waals surface area contributed by atoms with Crippen molar-refractivity contribution in [2.45, 2.75) is 26.3 Å². The number of aromatic hydroxyl groups is 1. The number of benzene rings is 2. The third-order valence-corrected chi connectivity index (χ3v) is 6.99. The molecule has 4 rings (SSSR count). The Kier molecular flexibility index (Phi) is 7.63. The van der Waals surface area contributed by atoms with Gasteiger partial charge in [0.2, 0.25) is 0 Å². The third-order valence-electron chi connectivity index (χ3n) is 6.01. The third kappa shape index (κ3) is 4.95. The maximum absolute atomic E-state index is 13.8. The lowest BCUT2D eigenvalue weighted by atomic mass is 9.96. The van der Waals surface area contributed by atoms with Crippen LogP contribution in [0.1, 0.15) is 36.6 Å². The van der Waals surface area contributed by atoms with E-state index in [0.29, 0.717) is 49.7 Å². The van der Waals surface area contributed by atoms with Crippen LogP contribution in [0.25, 0.3) is 6.08 Å². The van der Waals surface area contributed by atoms with Gasteiger partial charge in [-0.2, -0.15) is 0 Å². The molecule has 1 aromatic heterocycles. The number of ether oxygens (including phenoxy) is 3. The Labute approximate surface area is 218 Å². The molecule has 0 amide bonds. The number of hydrogen-bond acceptors (Lipinski definition) is 8. The topological polar surface area (TPSA) is 99.4 Å². The first-order valence-corrected chi connectivity index (χ1v) is 12.5. The van der Waals surface area contributed by atoms with E-state index in [0.717, 1.165) is 5.56 Å². The lowest BCUT2D eigenvalue weighted by Gasteiger charge is -2.24. The Morgan fingerprint density at radius 1 is 1.22 bits per heavy atom. The minimum absolute atomic E-state index is 0.0372. The summed E-state index contributed by atoms with van der Waals surface area (Å²) in [6.07, 6.45) is 3.85. The summed E-state index contributed by atoms with van der Waals surface area (Å²) in [7, 11) is 3.05. The lowest BCUT2D eigenvalue weighted by molar-refractivity contribution is -0.139. The van der Waals surface area contributed by atoms with Crippen LogP contribution in [-0.2, 0) is 16.0 Å². The minimum Gasteiger partial charge on any atom is -0.504 e. The normalized spacial score (nSPS) is 15.1. The summed E-state index contributed by atoms with van der Waals surface area (Å²) in [5, 5.41) is 10.4. The standard InChI is InChI=1S/C28H28N2O6S/c1-6-8-19-13-17(14-21(35-5)25(19)31)15-22-26(32)30-24(18-9-11-20(34-4)12-10-18)23(27(33)36-7-2)16(3)29-28(30)37-22/h6,9-15,24,31H,1,7-8H2,2-5H3/b22-15+. The van der Waals surface area contributed by atoms with Crippen molar-refractivity contribution < 1.29 is 24.1 Å². The fraction of sp³-hybridized carbons (Fsp3) is 0.250. The van der Waals surface area contributed by atoms with Crippen molar-refractivity contribution in [2.24, 2.45) is 4.99 Å². The van der Waals surface area contributed by atoms with Crippen molar-refractivity contribution in [3.8, 4) is 17.2 Å². The smallest absolute Gasteiger partial charge is 0.338 e. The maximum Gasteiger partial charge on any atom is 0.338 e. The highest BCUT2D eigenvalue weighted by Gasteiger charge is 2.33. The zero-order valence-electron chi connectivity index (χ0n) is 21.1. The van der Waals surface area contributed by atoms with Crippen LogP contribution in [0, 0.1) is 0 Å². The van der Waals surface area contributed by atoms with Gasteiger partial charge in [-0.3, -0.25) is 9.36 Å². The van der Waals surface area contributed by atoms with Crippen LogP contribution in [0.15, 0.2) is 70.1 Å². The molecular formula is C28H28N2O6S. The summed E-state index contributed by atoms with van der Waals surface area (Å²) in [5.74, 6) is 0.479. The van der Waals surface area contributed by atoms with E-state index in [-0.39, 0.29) is 17.9 Å². The minimum atomic E-state index is -0.714. The summed E-state index contributed by atoms with van der Waals surface area (Å²) in [6.45, 7) is 7.41. The van der Waals surface area contributed by atoms with Crippen molar-refractivity contribution in [3.05, 3.63) is 96.7 Å². The number of fused-ring (bicyclic) bond motifs is 1. The molecule has 0 saturated heterocycles. The monoisotopic (exact) mass is 520 g/mol. The number of methoxy groups -OCH3 is 2. The van der Waals surface area contributed by atoms with Gasteiger partial charge in [0.05, 0.1) is 42.7 Å². The van der Waals surface area contributed by atoms with Crippen molar-refractivity contribution in [1.82, 2.24) is 4.57 Å². The van der Waals surface area contributed by atoms with Crippen LogP contribution in [0.5, 0.6) is 17.2 Å². The predicted octanol–water partition coefficient (Wildman–Crippen LogP) is 3.25. The van der Waals surface area contributed by atoms with Crippen LogP contribution >= 0.6 is 11.3 Å². The number of carbonyl (C=O) groups is 1. The summed E-state index contributed by atoms with van der Waals surface area (Å²) in [6, 6.07) is 9.95. The molecule has 0 bridgehead atoms. The second kappa shape index (κ2) is 10.9. The van der Waals surface area contributed by atoms with Crippen molar-refractivity contribution >= 4 is 23.4 Å². The SMILES string of the molecule is C=CCc1cc(/C=c2/sc3n(c2=O)C(c2ccc(OC)cc2)C(C(=O)OCC)=C(C)N=3)cc(OC)c1O. The number of carbonyl (C=O) groups excluding carboxylic acids is 1. The number of allylic oxidation sites excluding steroid dienone is 2. The molecule has 1 unspecified atom stereocenters. The fourth-order valence-electron chi connectivity index (χ4n) is 4.28. The molecule has 0 fully saturated rings. The average Bonchev–Trinajstić information content (AvgIpc) is 3.19. The van der Waals surface area contributed by atoms with Crippen molar-refractivity contribution in [1.29, 1.82) is 0 Å². The molecule has 0 saturated carbocycles. The summed E-state index contributed by atoms with van der Waals surface area (Å²) in [4.78, 5) is 31.8. The van der Waals surface area contributed by atoms with Gasteiger partial charge in [0.1, 0.15) is 5.75 Å². The predicted molar refractivity (Wildman–Crippen MR) is 142 cm³/mol. The molecule has 2 aromatic carbocycles. The number of esters is 1. The molecule has 1 aliphatic rings. The number of phenols is 1. The molecule has 2 heterocycles. The van der Waals surface area contributed by atoms with E-state index < -0.39 is 12.0 Å². The molecule has 8 nitrogen and oxygen atoms in total. The van der Waals surface area contributed by atoms with E-state index in [2.05, 4.69) is 11.6 Å². The van der Waals surface area contributed by atoms with Crippen molar-refractivity contribution in [3.63, 3.8) is 0 Å². The molecule has 1 atom stereocenters. The van der Waals surface area contributed by atoms with E-state index in [9.17, 15) is 14.7 Å². The first-order chi connectivity index (χ1) is 17.8. The second-order valence-corrected chi connectivity index (χ2v) is 9.31. The zero-order valence-corrected chi connectivity index (χ0v) is 21.9. The second-order valence-electron chi connectivity index (χ2n) is 8.30. The molecule has 9 heteroatoms. The number of thiazole rings is 1. The summed E-state index contributed by atoms with van der Waals surface area (Å²) < 4.78 is 17.9. The van der Waals surface area contributed by atoms with Crippen LogP contribution in [0.2, 0.25) is 0 Å². The number of rotatable bonds is 8.